The number of urea groups is 1. The molecule has 8 nitrogen and oxygen atoms in total. The molecular weight excluding hydrogens is 342 g/mol. The van der Waals surface area contributed by atoms with Gasteiger partial charge in [-0.2, -0.15) is 0 Å². The highest BCUT2D eigenvalue weighted by Crippen LogP contribution is 2.24. The van der Waals surface area contributed by atoms with Crippen molar-refractivity contribution in [1.82, 2.24) is 20.4 Å². The van der Waals surface area contributed by atoms with Gasteiger partial charge in [-0.25, -0.2) is 4.79 Å². The molecule has 4 amide bonds. The van der Waals surface area contributed by atoms with Crippen LogP contribution in [0.4, 0.5) is 9.93 Å². The average molecular weight is 359 g/mol. The van der Waals surface area contributed by atoms with Crippen LogP contribution < -0.4 is 10.6 Å². The summed E-state index contributed by atoms with van der Waals surface area (Å²) < 4.78 is 0. The van der Waals surface area contributed by atoms with Gasteiger partial charge in [-0.1, -0.05) is 37.3 Å². The fourth-order valence-corrected chi connectivity index (χ4v) is 3.21. The molecule has 1 aliphatic heterocycles. The summed E-state index contributed by atoms with van der Waals surface area (Å²) >= 11 is 1.28. The van der Waals surface area contributed by atoms with Crippen LogP contribution >= 0.6 is 11.3 Å². The van der Waals surface area contributed by atoms with Crippen molar-refractivity contribution in [2.24, 2.45) is 0 Å². The van der Waals surface area contributed by atoms with E-state index >= 15 is 0 Å². The first kappa shape index (κ1) is 17.0. The monoisotopic (exact) mass is 359 g/mol. The van der Waals surface area contributed by atoms with E-state index in [9.17, 15) is 14.4 Å². The summed E-state index contributed by atoms with van der Waals surface area (Å²) in [5.41, 5.74) is 0.680. The Bertz CT molecular complexity index is 813. The Morgan fingerprint density at radius 1 is 1.08 bits per heavy atom. The van der Waals surface area contributed by atoms with Gasteiger partial charge in [-0.3, -0.25) is 19.8 Å². The highest BCUT2D eigenvalue weighted by atomic mass is 32.1. The predicted molar refractivity (Wildman–Crippen MR) is 92.6 cm³/mol. The molecule has 0 fully saturated rings. The number of fused-ring (bicyclic) bond motifs is 1. The van der Waals surface area contributed by atoms with Crippen molar-refractivity contribution in [3.63, 3.8) is 0 Å². The molecule has 0 saturated carbocycles. The van der Waals surface area contributed by atoms with E-state index in [0.717, 1.165) is 9.91 Å². The van der Waals surface area contributed by atoms with E-state index in [1.807, 2.05) is 13.8 Å². The Balaban J connectivity index is 1.66. The zero-order chi connectivity index (χ0) is 18.1. The van der Waals surface area contributed by atoms with Gasteiger partial charge >= 0.3 is 6.03 Å². The fourth-order valence-electron chi connectivity index (χ4n) is 2.47. The summed E-state index contributed by atoms with van der Waals surface area (Å²) in [5, 5.41) is 14.2. The maximum absolute atomic E-state index is 12.4. The number of nitrogens with one attached hydrogen (secondary N) is 2. The zero-order valence-corrected chi connectivity index (χ0v) is 14.8. The third kappa shape index (κ3) is 3.22. The maximum atomic E-state index is 12.4. The quantitative estimate of drug-likeness (QED) is 0.816. The van der Waals surface area contributed by atoms with Gasteiger partial charge in [0, 0.05) is 5.92 Å². The Labute approximate surface area is 148 Å². The predicted octanol–water partition coefficient (Wildman–Crippen LogP) is 2.43. The molecule has 0 bridgehead atoms. The van der Waals surface area contributed by atoms with Gasteiger partial charge in [-0.15, -0.1) is 10.2 Å². The standard InChI is InChI=1S/C16H17N5O3S/c1-8(2)12-19-20-16(25-12)18-15(24)17-9(3)21-13(22)10-6-4-5-7-11(10)14(21)23/h4-9H,1-3H3,(H2,17,18,20,24). The largest absolute Gasteiger partial charge is 0.322 e. The lowest BCUT2D eigenvalue weighted by Gasteiger charge is -2.23. The second kappa shape index (κ2) is 6.60. The lowest BCUT2D eigenvalue weighted by molar-refractivity contribution is 0.0581. The Morgan fingerprint density at radius 2 is 1.68 bits per heavy atom. The van der Waals surface area contributed by atoms with Crippen LogP contribution in [0.15, 0.2) is 24.3 Å². The molecule has 130 valence electrons. The third-order valence-electron chi connectivity index (χ3n) is 3.71. The molecule has 0 saturated heterocycles. The number of aromatic nitrogens is 2. The first-order valence-electron chi connectivity index (χ1n) is 7.76. The van der Waals surface area contributed by atoms with Crippen molar-refractivity contribution in [2.75, 3.05) is 5.32 Å². The second-order valence-electron chi connectivity index (χ2n) is 5.90. The van der Waals surface area contributed by atoms with Gasteiger partial charge in [-0.05, 0) is 19.1 Å². The van der Waals surface area contributed by atoms with Crippen LogP contribution in [0.2, 0.25) is 0 Å². The topological polar surface area (TPSA) is 104 Å². The first-order chi connectivity index (χ1) is 11.9. The summed E-state index contributed by atoms with van der Waals surface area (Å²) in [7, 11) is 0. The smallest absolute Gasteiger partial charge is 0.317 e. The van der Waals surface area contributed by atoms with Crippen LogP contribution in [0.5, 0.6) is 0 Å². The van der Waals surface area contributed by atoms with Gasteiger partial charge in [0.15, 0.2) is 0 Å². The second-order valence-corrected chi connectivity index (χ2v) is 6.91. The third-order valence-corrected chi connectivity index (χ3v) is 4.85. The van der Waals surface area contributed by atoms with Crippen molar-refractivity contribution in [2.45, 2.75) is 32.9 Å². The molecule has 3 rings (SSSR count). The maximum Gasteiger partial charge on any atom is 0.322 e. The summed E-state index contributed by atoms with van der Waals surface area (Å²) in [6, 6.07) is 6.02. The Hall–Kier alpha value is -2.81. The normalized spacial score (nSPS) is 14.6. The number of carbonyl (C=O) groups is 3. The summed E-state index contributed by atoms with van der Waals surface area (Å²) in [6.45, 7) is 5.53. The minimum absolute atomic E-state index is 0.216. The summed E-state index contributed by atoms with van der Waals surface area (Å²) in [6.07, 6.45) is -0.801. The average Bonchev–Trinajstić information content (AvgIpc) is 3.12. The number of anilines is 1. The van der Waals surface area contributed by atoms with E-state index in [1.54, 1.807) is 31.2 Å². The van der Waals surface area contributed by atoms with E-state index < -0.39 is 24.0 Å². The molecule has 0 radical (unpaired) electrons. The summed E-state index contributed by atoms with van der Waals surface area (Å²) in [5.74, 6) is -0.633. The van der Waals surface area contributed by atoms with Gasteiger partial charge in [0.05, 0.1) is 11.1 Å². The lowest BCUT2D eigenvalue weighted by atomic mass is 10.1. The Morgan fingerprint density at radius 3 is 2.20 bits per heavy atom. The van der Waals surface area contributed by atoms with Gasteiger partial charge in [0.1, 0.15) is 11.2 Å². The molecule has 0 aliphatic carbocycles. The van der Waals surface area contributed by atoms with Crippen LogP contribution in [0.25, 0.3) is 0 Å². The molecule has 2 heterocycles. The van der Waals surface area contributed by atoms with Crippen molar-refractivity contribution >= 4 is 34.3 Å². The number of nitrogens with zero attached hydrogens (tertiary/aromatic N) is 3. The van der Waals surface area contributed by atoms with Crippen LogP contribution in [-0.2, 0) is 0 Å². The van der Waals surface area contributed by atoms with Crippen molar-refractivity contribution in [1.29, 1.82) is 0 Å². The van der Waals surface area contributed by atoms with E-state index in [1.165, 1.54) is 11.3 Å². The molecule has 25 heavy (non-hydrogen) atoms. The fraction of sp³-hybridized carbons (Fsp3) is 0.312. The molecule has 0 spiro atoms. The van der Waals surface area contributed by atoms with Gasteiger partial charge in [0.2, 0.25) is 5.13 Å². The number of carbonyl (C=O) groups excluding carboxylic acids is 3. The van der Waals surface area contributed by atoms with Crippen LogP contribution in [0.3, 0.4) is 0 Å². The zero-order valence-electron chi connectivity index (χ0n) is 13.9. The highest BCUT2D eigenvalue weighted by Gasteiger charge is 2.38. The Kier molecular flexibility index (Phi) is 4.49. The van der Waals surface area contributed by atoms with E-state index in [-0.39, 0.29) is 5.92 Å². The molecule has 2 N–H and O–H groups in total. The minimum Gasteiger partial charge on any atom is -0.317 e. The molecule has 2 aromatic rings. The van der Waals surface area contributed by atoms with Crippen LogP contribution in [0.1, 0.15) is 52.4 Å². The number of hydrogen-bond donors (Lipinski definition) is 2. The number of rotatable bonds is 4. The molecule has 1 aromatic carbocycles. The lowest BCUT2D eigenvalue weighted by Crippen LogP contribution is -2.50. The molecule has 1 aliphatic rings. The number of benzene rings is 1. The molecular formula is C16H17N5O3S. The SMILES string of the molecule is CC(C)c1nnc(NC(=O)NC(C)N2C(=O)c3ccccc3C2=O)s1. The van der Waals surface area contributed by atoms with Gasteiger partial charge < -0.3 is 5.32 Å². The minimum atomic E-state index is -0.801. The number of imide groups is 1. The van der Waals surface area contributed by atoms with Crippen molar-refractivity contribution in [3.8, 4) is 0 Å². The van der Waals surface area contributed by atoms with Crippen LogP contribution in [0, 0.1) is 0 Å². The molecule has 1 unspecified atom stereocenters. The molecule has 9 heteroatoms. The molecule has 1 atom stereocenters. The highest BCUT2D eigenvalue weighted by molar-refractivity contribution is 7.15. The van der Waals surface area contributed by atoms with E-state index in [4.69, 9.17) is 0 Å². The van der Waals surface area contributed by atoms with E-state index in [2.05, 4.69) is 20.8 Å². The van der Waals surface area contributed by atoms with Crippen LogP contribution in [-0.4, -0.2) is 39.1 Å². The van der Waals surface area contributed by atoms with Crippen molar-refractivity contribution < 1.29 is 14.4 Å². The van der Waals surface area contributed by atoms with E-state index in [0.29, 0.717) is 16.3 Å². The van der Waals surface area contributed by atoms with Gasteiger partial charge in [0.25, 0.3) is 11.8 Å². The number of hydrogen-bond acceptors (Lipinski definition) is 6. The first-order valence-corrected chi connectivity index (χ1v) is 8.58. The summed E-state index contributed by atoms with van der Waals surface area (Å²) in [4.78, 5) is 37.9. The molecule has 1 aromatic heterocycles. The van der Waals surface area contributed by atoms with Crippen molar-refractivity contribution in [3.05, 3.63) is 40.4 Å². The number of amides is 4.